The summed E-state index contributed by atoms with van der Waals surface area (Å²) in [7, 11) is 0.155. The highest BCUT2D eigenvalue weighted by Crippen LogP contribution is 2.32. The second-order valence-electron chi connectivity index (χ2n) is 10.7. The molecule has 2 heterocycles. The first kappa shape index (κ1) is 29.2. The van der Waals surface area contributed by atoms with Gasteiger partial charge in [-0.2, -0.15) is 0 Å². The summed E-state index contributed by atoms with van der Waals surface area (Å²) in [5.41, 5.74) is 4.42. The highest BCUT2D eigenvalue weighted by Gasteiger charge is 2.24. The summed E-state index contributed by atoms with van der Waals surface area (Å²) in [5.74, 6) is -0.0426. The Bertz CT molecular complexity index is 1690. The van der Waals surface area contributed by atoms with Crippen LogP contribution in [0.5, 0.6) is 0 Å². The van der Waals surface area contributed by atoms with Gasteiger partial charge in [-0.05, 0) is 101 Å². The Morgan fingerprint density at radius 2 is 1.83 bits per heavy atom. The van der Waals surface area contributed by atoms with Crippen LogP contribution in [-0.4, -0.2) is 54.4 Å². The maximum absolute atomic E-state index is 13.8. The van der Waals surface area contributed by atoms with E-state index in [0.717, 1.165) is 65.8 Å². The van der Waals surface area contributed by atoms with Gasteiger partial charge in [0.1, 0.15) is 16.5 Å². The fourth-order valence-corrected chi connectivity index (χ4v) is 6.96. The van der Waals surface area contributed by atoms with E-state index in [4.69, 9.17) is 16.6 Å². The molecule has 1 saturated carbocycles. The third kappa shape index (κ3) is 6.29. The first-order valence-corrected chi connectivity index (χ1v) is 15.6. The molecule has 1 fully saturated rings. The number of aromatic nitrogens is 3. The van der Waals surface area contributed by atoms with Crippen LogP contribution in [0.3, 0.4) is 0 Å². The molecule has 0 amide bonds. The van der Waals surface area contributed by atoms with Gasteiger partial charge in [-0.1, -0.05) is 24.6 Å². The van der Waals surface area contributed by atoms with Gasteiger partial charge in [0, 0.05) is 34.9 Å². The number of benzene rings is 2. The normalized spacial score (nSPS) is 17.6. The minimum Gasteiger partial charge on any atom is -0.351 e. The molecule has 0 unspecified atom stereocenters. The van der Waals surface area contributed by atoms with Gasteiger partial charge < -0.3 is 10.2 Å². The largest absolute Gasteiger partial charge is 0.351 e. The van der Waals surface area contributed by atoms with Gasteiger partial charge in [0.05, 0.1) is 10.5 Å². The van der Waals surface area contributed by atoms with Gasteiger partial charge >= 0.3 is 0 Å². The van der Waals surface area contributed by atoms with Crippen molar-refractivity contribution in [1.29, 1.82) is 0 Å². The van der Waals surface area contributed by atoms with Crippen molar-refractivity contribution in [2.45, 2.75) is 62.9 Å². The van der Waals surface area contributed by atoms with Crippen LogP contribution in [0.2, 0.25) is 5.02 Å². The lowest BCUT2D eigenvalue weighted by Crippen LogP contribution is -2.36. The van der Waals surface area contributed by atoms with Crippen LogP contribution in [0.1, 0.15) is 43.9 Å². The first-order valence-electron chi connectivity index (χ1n) is 13.7. The molecule has 216 valence electrons. The van der Waals surface area contributed by atoms with Gasteiger partial charge in [-0.3, -0.25) is 4.72 Å². The summed E-state index contributed by atoms with van der Waals surface area (Å²) in [5, 5.41) is 4.00. The molecule has 0 spiro atoms. The average Bonchev–Trinajstić information content (AvgIpc) is 2.94. The van der Waals surface area contributed by atoms with E-state index in [-0.39, 0.29) is 10.7 Å². The van der Waals surface area contributed by atoms with Crippen LogP contribution in [0.25, 0.3) is 22.0 Å². The minimum absolute atomic E-state index is 0.113. The van der Waals surface area contributed by atoms with E-state index in [1.807, 2.05) is 25.3 Å². The number of anilines is 2. The standard InChI is InChI=1S/C30H34ClFN6O2S/c1-5-19-15-20(16-21-17-33-30(36-29(19)21)35-22-9-11-23(12-10-22)38(3)4)24-13-14-27(34-18(24)2)37-41(39,40)26-8-6-7-25(32)28(26)31/h6-8,13-17,22-23H,5,9-12H2,1-4H3,(H,34,37)(H,33,35,36). The van der Waals surface area contributed by atoms with E-state index in [1.165, 1.54) is 12.1 Å². The topological polar surface area (TPSA) is 100 Å². The molecule has 2 aromatic carbocycles. The van der Waals surface area contributed by atoms with Gasteiger partial charge in [0.2, 0.25) is 5.95 Å². The van der Waals surface area contributed by atoms with Gasteiger partial charge in [0.25, 0.3) is 10.0 Å². The number of aryl methyl sites for hydroxylation is 2. The van der Waals surface area contributed by atoms with Gasteiger partial charge in [0.15, 0.2) is 0 Å². The zero-order valence-electron chi connectivity index (χ0n) is 23.6. The second-order valence-corrected chi connectivity index (χ2v) is 12.7. The van der Waals surface area contributed by atoms with Crippen molar-refractivity contribution in [3.63, 3.8) is 0 Å². The molecule has 5 rings (SSSR count). The molecule has 0 saturated heterocycles. The number of rotatable bonds is 8. The van der Waals surface area contributed by atoms with Crippen LogP contribution >= 0.6 is 11.6 Å². The maximum Gasteiger partial charge on any atom is 0.264 e. The SMILES string of the molecule is CCc1cc(-c2ccc(NS(=O)(=O)c3cccc(F)c3Cl)nc2C)cc2cnc(NC3CCC(N(C)C)CC3)nc12. The average molecular weight is 597 g/mol. The summed E-state index contributed by atoms with van der Waals surface area (Å²) in [6.07, 6.45) is 7.15. The quantitative estimate of drug-likeness (QED) is 0.241. The van der Waals surface area contributed by atoms with Crippen molar-refractivity contribution in [3.8, 4) is 11.1 Å². The first-order chi connectivity index (χ1) is 19.6. The Hall–Kier alpha value is -3.34. The summed E-state index contributed by atoms with van der Waals surface area (Å²) in [6, 6.07) is 12.2. The van der Waals surface area contributed by atoms with Crippen molar-refractivity contribution >= 4 is 44.3 Å². The van der Waals surface area contributed by atoms with E-state index in [0.29, 0.717) is 23.7 Å². The smallest absolute Gasteiger partial charge is 0.264 e. The minimum atomic E-state index is -4.13. The molecule has 41 heavy (non-hydrogen) atoms. The molecule has 1 aliphatic carbocycles. The number of hydrogen-bond donors (Lipinski definition) is 2. The summed E-state index contributed by atoms with van der Waals surface area (Å²) in [4.78, 5) is 15.9. The van der Waals surface area contributed by atoms with Crippen LogP contribution in [0, 0.1) is 12.7 Å². The fraction of sp³-hybridized carbons (Fsp3) is 0.367. The molecular formula is C30H34ClFN6O2S. The number of nitrogens with one attached hydrogen (secondary N) is 2. The predicted octanol–water partition coefficient (Wildman–Crippen LogP) is 6.44. The maximum atomic E-state index is 13.8. The third-order valence-corrected chi connectivity index (χ3v) is 9.64. The Labute approximate surface area is 245 Å². The molecule has 4 aromatic rings. The highest BCUT2D eigenvalue weighted by atomic mass is 35.5. The van der Waals surface area contributed by atoms with E-state index in [2.05, 4.69) is 52.0 Å². The fourth-order valence-electron chi connectivity index (χ4n) is 5.44. The zero-order chi connectivity index (χ0) is 29.3. The Morgan fingerprint density at radius 1 is 1.07 bits per heavy atom. The molecule has 2 N–H and O–H groups in total. The Morgan fingerprint density at radius 3 is 2.51 bits per heavy atom. The zero-order valence-corrected chi connectivity index (χ0v) is 25.2. The summed E-state index contributed by atoms with van der Waals surface area (Å²) < 4.78 is 41.9. The number of nitrogens with zero attached hydrogens (tertiary/aromatic N) is 4. The highest BCUT2D eigenvalue weighted by molar-refractivity contribution is 7.92. The van der Waals surface area contributed by atoms with Gasteiger partial charge in [-0.25, -0.2) is 27.8 Å². The molecular weight excluding hydrogens is 563 g/mol. The summed E-state index contributed by atoms with van der Waals surface area (Å²) >= 11 is 5.90. The van der Waals surface area contributed by atoms with Crippen LogP contribution in [-0.2, 0) is 16.4 Å². The van der Waals surface area contributed by atoms with Crippen molar-refractivity contribution in [2.75, 3.05) is 24.1 Å². The molecule has 8 nitrogen and oxygen atoms in total. The third-order valence-electron chi connectivity index (χ3n) is 7.74. The van der Waals surface area contributed by atoms with E-state index >= 15 is 0 Å². The lowest BCUT2D eigenvalue weighted by atomic mass is 9.90. The molecule has 0 bridgehead atoms. The monoisotopic (exact) mass is 596 g/mol. The van der Waals surface area contributed by atoms with E-state index in [1.54, 1.807) is 6.07 Å². The Kier molecular flexibility index (Phi) is 8.45. The van der Waals surface area contributed by atoms with Crippen molar-refractivity contribution in [1.82, 2.24) is 19.9 Å². The van der Waals surface area contributed by atoms with Gasteiger partial charge in [-0.15, -0.1) is 0 Å². The number of halogens is 2. The molecule has 1 aliphatic rings. The lowest BCUT2D eigenvalue weighted by molar-refractivity contribution is 0.221. The number of fused-ring (bicyclic) bond motifs is 1. The molecule has 0 aliphatic heterocycles. The number of pyridine rings is 1. The predicted molar refractivity (Wildman–Crippen MR) is 162 cm³/mol. The van der Waals surface area contributed by atoms with Crippen LogP contribution in [0.4, 0.5) is 16.2 Å². The number of sulfonamides is 1. The van der Waals surface area contributed by atoms with Crippen molar-refractivity contribution in [2.24, 2.45) is 0 Å². The molecule has 2 aromatic heterocycles. The van der Waals surface area contributed by atoms with Crippen molar-refractivity contribution in [3.05, 3.63) is 70.8 Å². The second kappa shape index (κ2) is 11.9. The van der Waals surface area contributed by atoms with Crippen molar-refractivity contribution < 1.29 is 12.8 Å². The van der Waals surface area contributed by atoms with E-state index in [9.17, 15) is 12.8 Å². The molecule has 0 atom stereocenters. The van der Waals surface area contributed by atoms with Crippen LogP contribution in [0.15, 0.2) is 53.6 Å². The van der Waals surface area contributed by atoms with E-state index < -0.39 is 20.9 Å². The Balaban J connectivity index is 1.38. The number of hydrogen-bond acceptors (Lipinski definition) is 7. The van der Waals surface area contributed by atoms with Crippen LogP contribution < -0.4 is 10.0 Å². The lowest BCUT2D eigenvalue weighted by Gasteiger charge is -2.33. The summed E-state index contributed by atoms with van der Waals surface area (Å²) in [6.45, 7) is 3.91. The molecule has 11 heteroatoms. The molecule has 0 radical (unpaired) electrons.